The minimum atomic E-state index is -3.61. The first-order valence-corrected chi connectivity index (χ1v) is 9.15. The minimum absolute atomic E-state index is 0.104. The van der Waals surface area contributed by atoms with Gasteiger partial charge in [0.15, 0.2) is 0 Å². The molecule has 25 heavy (non-hydrogen) atoms. The standard InChI is InChI=1S/C15H17N3O6S/c1-23-12-5-3-2-4-10(12)14-16-17-15(24-14)11(8-13(19)20)18-25(21,22)9-6-7-9/h2-5,9,11,18H,6-8H2,1H3,(H,19,20)/t11-/m0/s1. The number of aliphatic carboxylic acids is 1. The van der Waals surface area contributed by atoms with Gasteiger partial charge in [0.1, 0.15) is 11.8 Å². The fraction of sp³-hybridized carbons (Fsp3) is 0.400. The number of ether oxygens (including phenoxy) is 1. The third-order valence-corrected chi connectivity index (χ3v) is 5.69. The number of sulfonamides is 1. The number of benzene rings is 1. The Labute approximate surface area is 144 Å². The summed E-state index contributed by atoms with van der Waals surface area (Å²) in [6.07, 6.45) is 0.621. The second-order valence-electron chi connectivity index (χ2n) is 5.66. The van der Waals surface area contributed by atoms with Gasteiger partial charge in [-0.15, -0.1) is 10.2 Å². The molecule has 0 amide bonds. The number of para-hydroxylation sites is 1. The molecule has 1 aliphatic rings. The number of aromatic nitrogens is 2. The molecule has 0 spiro atoms. The van der Waals surface area contributed by atoms with Crippen LogP contribution in [0.3, 0.4) is 0 Å². The molecule has 1 atom stereocenters. The first kappa shape index (κ1) is 17.4. The smallest absolute Gasteiger partial charge is 0.305 e. The van der Waals surface area contributed by atoms with Crippen molar-refractivity contribution in [2.75, 3.05) is 7.11 Å². The van der Waals surface area contributed by atoms with Crippen LogP contribution in [0.2, 0.25) is 0 Å². The zero-order chi connectivity index (χ0) is 18.0. The summed E-state index contributed by atoms with van der Waals surface area (Å²) in [6, 6.07) is 5.82. The van der Waals surface area contributed by atoms with Crippen molar-refractivity contribution in [1.82, 2.24) is 14.9 Å². The molecular weight excluding hydrogens is 350 g/mol. The van der Waals surface area contributed by atoms with Crippen LogP contribution in [0.1, 0.15) is 31.2 Å². The molecule has 0 saturated heterocycles. The van der Waals surface area contributed by atoms with Gasteiger partial charge < -0.3 is 14.3 Å². The summed E-state index contributed by atoms with van der Waals surface area (Å²) in [5.74, 6) is -0.660. The number of nitrogens with zero attached hydrogens (tertiary/aromatic N) is 2. The van der Waals surface area contributed by atoms with E-state index in [-0.39, 0.29) is 11.8 Å². The van der Waals surface area contributed by atoms with Crippen molar-refractivity contribution < 1.29 is 27.5 Å². The third-order valence-electron chi connectivity index (χ3n) is 3.72. The van der Waals surface area contributed by atoms with E-state index in [1.54, 1.807) is 24.3 Å². The quantitative estimate of drug-likeness (QED) is 0.714. The van der Waals surface area contributed by atoms with Crippen molar-refractivity contribution in [3.8, 4) is 17.2 Å². The summed E-state index contributed by atoms with van der Waals surface area (Å²) >= 11 is 0. The molecule has 1 aromatic heterocycles. The Kier molecular flexibility index (Phi) is 4.73. The van der Waals surface area contributed by atoms with E-state index in [9.17, 15) is 13.2 Å². The lowest BCUT2D eigenvalue weighted by Crippen LogP contribution is -2.33. The van der Waals surface area contributed by atoms with Gasteiger partial charge in [-0.3, -0.25) is 4.79 Å². The number of nitrogens with one attached hydrogen (secondary N) is 1. The van der Waals surface area contributed by atoms with Crippen LogP contribution >= 0.6 is 0 Å². The second kappa shape index (κ2) is 6.81. The number of methoxy groups -OCH3 is 1. The zero-order valence-electron chi connectivity index (χ0n) is 13.4. The normalized spacial score (nSPS) is 15.7. The van der Waals surface area contributed by atoms with Crippen molar-refractivity contribution in [1.29, 1.82) is 0 Å². The van der Waals surface area contributed by atoms with E-state index < -0.39 is 33.7 Å². The molecule has 3 rings (SSSR count). The van der Waals surface area contributed by atoms with Crippen molar-refractivity contribution in [2.45, 2.75) is 30.6 Å². The van der Waals surface area contributed by atoms with Gasteiger partial charge >= 0.3 is 5.97 Å². The fourth-order valence-corrected chi connectivity index (χ4v) is 3.86. The predicted octanol–water partition coefficient (Wildman–Crippen LogP) is 1.34. The summed E-state index contributed by atoms with van der Waals surface area (Å²) in [5.41, 5.74) is 0.530. The van der Waals surface area contributed by atoms with E-state index >= 15 is 0 Å². The van der Waals surface area contributed by atoms with Crippen LogP contribution in [-0.2, 0) is 14.8 Å². The van der Waals surface area contributed by atoms with Crippen LogP contribution in [-0.4, -0.2) is 42.1 Å². The molecule has 1 saturated carbocycles. The Bertz CT molecular complexity index is 875. The van der Waals surface area contributed by atoms with Gasteiger partial charge in [0, 0.05) is 0 Å². The molecule has 1 aromatic carbocycles. The van der Waals surface area contributed by atoms with Gasteiger partial charge in [-0.1, -0.05) is 12.1 Å². The Hall–Kier alpha value is -2.46. The molecule has 2 N–H and O–H groups in total. The molecule has 0 radical (unpaired) electrons. The first-order valence-electron chi connectivity index (χ1n) is 7.60. The number of carbonyl (C=O) groups is 1. The van der Waals surface area contributed by atoms with Gasteiger partial charge in [0.25, 0.3) is 5.89 Å². The van der Waals surface area contributed by atoms with E-state index in [0.717, 1.165) is 0 Å². The zero-order valence-corrected chi connectivity index (χ0v) is 14.2. The highest BCUT2D eigenvalue weighted by atomic mass is 32.2. The average molecular weight is 367 g/mol. The number of carboxylic acid groups (broad SMARTS) is 1. The van der Waals surface area contributed by atoms with Gasteiger partial charge in [-0.2, -0.15) is 0 Å². The van der Waals surface area contributed by atoms with Gasteiger partial charge in [-0.25, -0.2) is 13.1 Å². The fourth-order valence-electron chi connectivity index (χ4n) is 2.33. The monoisotopic (exact) mass is 367 g/mol. The number of carboxylic acids is 1. The molecule has 0 aliphatic heterocycles. The maximum absolute atomic E-state index is 12.1. The molecule has 1 heterocycles. The van der Waals surface area contributed by atoms with Gasteiger partial charge in [0.2, 0.25) is 15.9 Å². The van der Waals surface area contributed by atoms with Crippen LogP contribution in [0.5, 0.6) is 5.75 Å². The lowest BCUT2D eigenvalue weighted by atomic mass is 10.2. The Balaban J connectivity index is 1.89. The number of hydrogen-bond acceptors (Lipinski definition) is 7. The molecule has 1 aliphatic carbocycles. The summed E-state index contributed by atoms with van der Waals surface area (Å²) in [6.45, 7) is 0. The predicted molar refractivity (Wildman–Crippen MR) is 86.4 cm³/mol. The van der Waals surface area contributed by atoms with Crippen LogP contribution in [0.15, 0.2) is 28.7 Å². The van der Waals surface area contributed by atoms with Crippen molar-refractivity contribution in [2.24, 2.45) is 0 Å². The third kappa shape index (κ3) is 3.97. The molecule has 1 fully saturated rings. The molecule has 9 nitrogen and oxygen atoms in total. The van der Waals surface area contributed by atoms with Crippen molar-refractivity contribution in [3.05, 3.63) is 30.2 Å². The molecule has 134 valence electrons. The van der Waals surface area contributed by atoms with E-state index in [2.05, 4.69) is 14.9 Å². The maximum atomic E-state index is 12.1. The first-order chi connectivity index (χ1) is 11.9. The van der Waals surface area contributed by atoms with Crippen molar-refractivity contribution >= 4 is 16.0 Å². The Morgan fingerprint density at radius 3 is 2.76 bits per heavy atom. The molecule has 2 aromatic rings. The van der Waals surface area contributed by atoms with E-state index in [1.165, 1.54) is 7.11 Å². The van der Waals surface area contributed by atoms with Crippen LogP contribution in [0.4, 0.5) is 0 Å². The van der Waals surface area contributed by atoms with Crippen LogP contribution < -0.4 is 9.46 Å². The summed E-state index contributed by atoms with van der Waals surface area (Å²) in [4.78, 5) is 11.1. The van der Waals surface area contributed by atoms with Crippen LogP contribution in [0, 0.1) is 0 Å². The topological polar surface area (TPSA) is 132 Å². The second-order valence-corrected chi connectivity index (χ2v) is 7.65. The highest BCUT2D eigenvalue weighted by molar-refractivity contribution is 7.90. The van der Waals surface area contributed by atoms with Gasteiger partial charge in [0.05, 0.1) is 24.3 Å². The Morgan fingerprint density at radius 2 is 2.12 bits per heavy atom. The summed E-state index contributed by atoms with van der Waals surface area (Å²) in [7, 11) is -2.12. The largest absolute Gasteiger partial charge is 0.496 e. The highest BCUT2D eigenvalue weighted by Crippen LogP contribution is 2.32. The minimum Gasteiger partial charge on any atom is -0.496 e. The lowest BCUT2D eigenvalue weighted by Gasteiger charge is -2.13. The van der Waals surface area contributed by atoms with E-state index in [1.807, 2.05) is 0 Å². The van der Waals surface area contributed by atoms with E-state index in [4.69, 9.17) is 14.3 Å². The van der Waals surface area contributed by atoms with Gasteiger partial charge in [-0.05, 0) is 25.0 Å². The van der Waals surface area contributed by atoms with Crippen LogP contribution in [0.25, 0.3) is 11.5 Å². The number of rotatable bonds is 8. The summed E-state index contributed by atoms with van der Waals surface area (Å²) in [5, 5.41) is 16.3. The Morgan fingerprint density at radius 1 is 1.40 bits per heavy atom. The molecule has 10 heteroatoms. The molecule has 0 unspecified atom stereocenters. The highest BCUT2D eigenvalue weighted by Gasteiger charge is 2.38. The lowest BCUT2D eigenvalue weighted by molar-refractivity contribution is -0.137. The summed E-state index contributed by atoms with van der Waals surface area (Å²) < 4.78 is 37.4. The maximum Gasteiger partial charge on any atom is 0.305 e. The number of hydrogen-bond donors (Lipinski definition) is 2. The molecule has 0 bridgehead atoms. The van der Waals surface area contributed by atoms with Crippen molar-refractivity contribution in [3.63, 3.8) is 0 Å². The molecular formula is C15H17N3O6S. The SMILES string of the molecule is COc1ccccc1-c1nnc([C@H](CC(=O)O)NS(=O)(=O)C2CC2)o1. The van der Waals surface area contributed by atoms with E-state index in [0.29, 0.717) is 24.2 Å². The average Bonchev–Trinajstić information content (AvgIpc) is 3.32.